The third-order valence-electron chi connectivity index (χ3n) is 7.65. The molecule has 3 saturated heterocycles. The van der Waals surface area contributed by atoms with Crippen LogP contribution in [0.25, 0.3) is 0 Å². The molecular weight excluding hydrogens is 525 g/mol. The van der Waals surface area contributed by atoms with E-state index in [1.54, 1.807) is 0 Å². The predicted molar refractivity (Wildman–Crippen MR) is 142 cm³/mol. The number of nitrogens with one attached hydrogen (secondary N) is 1. The van der Waals surface area contributed by atoms with Gasteiger partial charge in [-0.2, -0.15) is 4.31 Å². The second kappa shape index (κ2) is 12.4. The van der Waals surface area contributed by atoms with E-state index in [1.807, 2.05) is 18.2 Å². The van der Waals surface area contributed by atoms with Crippen LogP contribution in [-0.2, 0) is 30.8 Å². The monoisotopic (exact) mass is 561 g/mol. The van der Waals surface area contributed by atoms with E-state index >= 15 is 0 Å². The number of sulfonamides is 1. The standard InChI is InChI=1S/C28H36FN3O6S/c29-21-6-9-25(10-7-21)39(35,36)32-17-23(33)18-37-19-27-26(32)11-8-24(38-27)14-28(34)30-22-12-13-31(16-22)15-20-4-2-1-3-5-20/h1-7,9-10,22-24,26-27,33H,8,11-19H2,(H,30,34)/t22-,23-,24-,26-,27+/m1/s1. The smallest absolute Gasteiger partial charge is 0.243 e. The summed E-state index contributed by atoms with van der Waals surface area (Å²) in [6, 6.07) is 14.4. The number of fused-ring (bicyclic) bond motifs is 1. The summed E-state index contributed by atoms with van der Waals surface area (Å²) >= 11 is 0. The molecule has 2 aromatic carbocycles. The molecule has 2 N–H and O–H groups in total. The average molecular weight is 562 g/mol. The first kappa shape index (κ1) is 28.1. The Morgan fingerprint density at radius 3 is 2.56 bits per heavy atom. The number of benzene rings is 2. The van der Waals surface area contributed by atoms with E-state index in [0.717, 1.165) is 38.2 Å². The van der Waals surface area contributed by atoms with Crippen LogP contribution in [0.4, 0.5) is 4.39 Å². The minimum atomic E-state index is -4.02. The van der Waals surface area contributed by atoms with Crippen LogP contribution in [0.1, 0.15) is 31.2 Å². The van der Waals surface area contributed by atoms with Gasteiger partial charge in [-0.1, -0.05) is 30.3 Å². The van der Waals surface area contributed by atoms with Crippen molar-refractivity contribution >= 4 is 15.9 Å². The van der Waals surface area contributed by atoms with E-state index in [9.17, 15) is 22.7 Å². The number of ether oxygens (including phenoxy) is 2. The van der Waals surface area contributed by atoms with Crippen LogP contribution < -0.4 is 5.32 Å². The number of rotatable bonds is 7. The van der Waals surface area contributed by atoms with Gasteiger partial charge in [-0.05, 0) is 49.1 Å². The highest BCUT2D eigenvalue weighted by Gasteiger charge is 2.43. The number of halogens is 1. The Hall–Kier alpha value is -2.41. The fourth-order valence-electron chi connectivity index (χ4n) is 5.74. The number of hydrogen-bond acceptors (Lipinski definition) is 7. The lowest BCUT2D eigenvalue weighted by molar-refractivity contribution is -0.146. The molecule has 0 bridgehead atoms. The quantitative estimate of drug-likeness (QED) is 0.532. The third kappa shape index (κ3) is 7.03. The first-order chi connectivity index (χ1) is 18.8. The number of nitrogens with zero attached hydrogens (tertiary/aromatic N) is 2. The molecule has 5 rings (SSSR count). The second-order valence-electron chi connectivity index (χ2n) is 10.6. The van der Waals surface area contributed by atoms with Crippen molar-refractivity contribution in [1.82, 2.24) is 14.5 Å². The minimum absolute atomic E-state index is 0.0334. The number of carbonyl (C=O) groups excluding carboxylic acids is 1. The normalized spacial score (nSPS) is 28.8. The second-order valence-corrected chi connectivity index (χ2v) is 12.5. The van der Waals surface area contributed by atoms with Gasteiger partial charge in [-0.3, -0.25) is 9.69 Å². The van der Waals surface area contributed by atoms with Gasteiger partial charge in [0.2, 0.25) is 15.9 Å². The first-order valence-corrected chi connectivity index (χ1v) is 15.0. The molecule has 0 unspecified atom stereocenters. The van der Waals surface area contributed by atoms with Gasteiger partial charge in [0.1, 0.15) is 5.82 Å². The molecule has 0 aliphatic carbocycles. The van der Waals surface area contributed by atoms with Crippen LogP contribution in [0.15, 0.2) is 59.5 Å². The summed E-state index contributed by atoms with van der Waals surface area (Å²) in [5.74, 6) is -0.612. The summed E-state index contributed by atoms with van der Waals surface area (Å²) in [6.45, 7) is 2.49. The Labute approximate surface area is 228 Å². The number of hydrogen-bond donors (Lipinski definition) is 2. The summed E-state index contributed by atoms with van der Waals surface area (Å²) in [5.41, 5.74) is 1.25. The van der Waals surface area contributed by atoms with E-state index in [0.29, 0.717) is 12.8 Å². The van der Waals surface area contributed by atoms with Crippen molar-refractivity contribution in [2.75, 3.05) is 32.8 Å². The molecule has 212 valence electrons. The molecule has 0 spiro atoms. The summed E-state index contributed by atoms with van der Waals surface area (Å²) in [4.78, 5) is 15.2. The van der Waals surface area contributed by atoms with Crippen molar-refractivity contribution in [3.63, 3.8) is 0 Å². The Kier molecular flexibility index (Phi) is 8.95. The number of β-amino-alcohol motifs (C(OH)–C–C–N with tert-alkyl or cyclic N) is 1. The Morgan fingerprint density at radius 2 is 1.79 bits per heavy atom. The number of likely N-dealkylation sites (tertiary alicyclic amines) is 1. The van der Waals surface area contributed by atoms with Gasteiger partial charge in [0.25, 0.3) is 0 Å². The molecule has 2 aromatic rings. The molecule has 5 atom stereocenters. The summed E-state index contributed by atoms with van der Waals surface area (Å²) < 4.78 is 53.5. The van der Waals surface area contributed by atoms with E-state index in [-0.39, 0.29) is 49.1 Å². The number of carbonyl (C=O) groups is 1. The van der Waals surface area contributed by atoms with Gasteiger partial charge in [0.15, 0.2) is 0 Å². The van der Waals surface area contributed by atoms with Crippen molar-refractivity contribution in [3.05, 3.63) is 66.0 Å². The highest BCUT2D eigenvalue weighted by molar-refractivity contribution is 7.89. The van der Waals surface area contributed by atoms with Gasteiger partial charge in [0.05, 0.1) is 48.9 Å². The zero-order chi connectivity index (χ0) is 27.4. The maximum Gasteiger partial charge on any atom is 0.243 e. The fourth-order valence-corrected chi connectivity index (χ4v) is 7.46. The molecular formula is C28H36FN3O6S. The molecule has 0 saturated carbocycles. The minimum Gasteiger partial charge on any atom is -0.389 e. The Morgan fingerprint density at radius 1 is 1.03 bits per heavy atom. The lowest BCUT2D eigenvalue weighted by atomic mass is 9.96. The Bertz CT molecular complexity index is 1220. The average Bonchev–Trinajstić information content (AvgIpc) is 3.33. The van der Waals surface area contributed by atoms with Crippen LogP contribution in [0.3, 0.4) is 0 Å². The van der Waals surface area contributed by atoms with Crippen molar-refractivity contribution in [2.24, 2.45) is 0 Å². The molecule has 0 aromatic heterocycles. The van der Waals surface area contributed by atoms with Crippen molar-refractivity contribution in [1.29, 1.82) is 0 Å². The SMILES string of the molecule is O=C(C[C@H]1CC[C@@H]2[C@H](COC[C@H](O)CN2S(=O)(=O)c2ccc(F)cc2)O1)N[C@@H]1CCN(Cc2ccccc2)C1. The van der Waals surface area contributed by atoms with Crippen molar-refractivity contribution < 1.29 is 32.2 Å². The molecule has 9 nitrogen and oxygen atoms in total. The van der Waals surface area contributed by atoms with E-state index in [4.69, 9.17) is 9.47 Å². The topological polar surface area (TPSA) is 108 Å². The van der Waals surface area contributed by atoms with Crippen molar-refractivity contribution in [2.45, 2.75) is 67.5 Å². The lowest BCUT2D eigenvalue weighted by Crippen LogP contribution is -2.57. The Balaban J connectivity index is 1.18. The number of amides is 1. The lowest BCUT2D eigenvalue weighted by Gasteiger charge is -2.43. The maximum atomic E-state index is 13.5. The van der Waals surface area contributed by atoms with E-state index in [1.165, 1.54) is 22.0 Å². The molecule has 3 aliphatic rings. The van der Waals surface area contributed by atoms with E-state index in [2.05, 4.69) is 22.3 Å². The molecule has 39 heavy (non-hydrogen) atoms. The van der Waals surface area contributed by atoms with Crippen LogP contribution in [0.2, 0.25) is 0 Å². The molecule has 1 amide bonds. The van der Waals surface area contributed by atoms with Gasteiger partial charge < -0.3 is 19.9 Å². The van der Waals surface area contributed by atoms with Crippen LogP contribution in [0.5, 0.6) is 0 Å². The molecule has 11 heteroatoms. The van der Waals surface area contributed by atoms with Crippen LogP contribution >= 0.6 is 0 Å². The molecule has 3 heterocycles. The number of aliphatic hydroxyl groups is 1. The zero-order valence-electron chi connectivity index (χ0n) is 21.8. The molecule has 3 aliphatic heterocycles. The van der Waals surface area contributed by atoms with Gasteiger partial charge in [-0.25, -0.2) is 12.8 Å². The molecule has 0 radical (unpaired) electrons. The summed E-state index contributed by atoms with van der Waals surface area (Å²) in [7, 11) is -4.02. The van der Waals surface area contributed by atoms with Gasteiger partial charge in [-0.15, -0.1) is 0 Å². The first-order valence-electron chi connectivity index (χ1n) is 13.5. The highest BCUT2D eigenvalue weighted by Crippen LogP contribution is 2.31. The van der Waals surface area contributed by atoms with Crippen LogP contribution in [-0.4, -0.2) is 91.9 Å². The predicted octanol–water partition coefficient (Wildman–Crippen LogP) is 1.90. The highest BCUT2D eigenvalue weighted by atomic mass is 32.2. The summed E-state index contributed by atoms with van der Waals surface area (Å²) in [6.07, 6.45) is 0.0617. The van der Waals surface area contributed by atoms with Gasteiger partial charge >= 0.3 is 0 Å². The molecule has 3 fully saturated rings. The van der Waals surface area contributed by atoms with E-state index < -0.39 is 34.1 Å². The zero-order valence-corrected chi connectivity index (χ0v) is 22.6. The maximum absolute atomic E-state index is 13.5. The number of aliphatic hydroxyl groups excluding tert-OH is 1. The summed E-state index contributed by atoms with van der Waals surface area (Å²) in [5, 5.41) is 13.5. The van der Waals surface area contributed by atoms with Crippen LogP contribution in [0, 0.1) is 5.82 Å². The van der Waals surface area contributed by atoms with Gasteiger partial charge in [0, 0.05) is 32.2 Å². The third-order valence-corrected chi connectivity index (χ3v) is 9.56. The fraction of sp³-hybridized carbons (Fsp3) is 0.536. The van der Waals surface area contributed by atoms with Crippen molar-refractivity contribution in [3.8, 4) is 0 Å². The largest absolute Gasteiger partial charge is 0.389 e.